The summed E-state index contributed by atoms with van der Waals surface area (Å²) in [5.41, 5.74) is 1.89. The van der Waals surface area contributed by atoms with Crippen LogP contribution in [-0.4, -0.2) is 37.0 Å². The largest absolute Gasteiger partial charge is 0.507 e. The third kappa shape index (κ3) is 5.40. The molecule has 0 spiro atoms. The van der Waals surface area contributed by atoms with Crippen LogP contribution in [0.4, 0.5) is 5.82 Å². The number of hydrogen-bond acceptors (Lipinski definition) is 7. The number of aromatic nitrogens is 1. The van der Waals surface area contributed by atoms with Crippen molar-refractivity contribution in [1.82, 2.24) is 4.98 Å². The Hall–Kier alpha value is -4.09. The maximum Gasteiger partial charge on any atom is 0.341 e. The van der Waals surface area contributed by atoms with Crippen LogP contribution in [0.25, 0.3) is 0 Å². The third-order valence-corrected chi connectivity index (χ3v) is 6.68. The number of carbonyl (C=O) groups excluding carboxylic acids is 1. The fourth-order valence-corrected chi connectivity index (χ4v) is 4.27. The Morgan fingerprint density at radius 3 is 2.45 bits per heavy atom. The van der Waals surface area contributed by atoms with Gasteiger partial charge in [0.1, 0.15) is 17.1 Å². The number of rotatable bonds is 6. The Bertz CT molecular complexity index is 1350. The minimum Gasteiger partial charge on any atom is -0.507 e. The zero-order valence-corrected chi connectivity index (χ0v) is 18.9. The van der Waals surface area contributed by atoms with Crippen molar-refractivity contribution in [2.45, 2.75) is 17.2 Å². The highest BCUT2D eigenvalue weighted by atomic mass is 32.2. The first-order valence-electron chi connectivity index (χ1n) is 9.84. The van der Waals surface area contributed by atoms with Gasteiger partial charge in [0.2, 0.25) is 9.84 Å². The SMILES string of the molecule is C=CC(Nc1ncccc1C)S(=O)(=O)c1ccc(C#Cc2ccc(O)c(C(=O)OC)c2)cc1. The van der Waals surface area contributed by atoms with Gasteiger partial charge in [0, 0.05) is 17.3 Å². The van der Waals surface area contributed by atoms with Gasteiger partial charge < -0.3 is 15.2 Å². The van der Waals surface area contributed by atoms with Crippen LogP contribution >= 0.6 is 0 Å². The number of benzene rings is 2. The number of methoxy groups -OCH3 is 1. The molecule has 0 aliphatic carbocycles. The van der Waals surface area contributed by atoms with Crippen LogP contribution in [0.1, 0.15) is 27.0 Å². The monoisotopic (exact) mass is 462 g/mol. The van der Waals surface area contributed by atoms with Gasteiger partial charge >= 0.3 is 5.97 Å². The van der Waals surface area contributed by atoms with Crippen molar-refractivity contribution in [2.24, 2.45) is 0 Å². The van der Waals surface area contributed by atoms with E-state index < -0.39 is 21.2 Å². The standard InChI is InChI=1S/C25H22N2O5S/c1-4-23(27-24-17(2)6-5-15-26-24)33(30,31)20-12-9-18(10-13-20)7-8-19-11-14-22(28)21(16-19)25(29)32-3/h4-6,9-16,23,28H,1H2,2-3H3,(H,26,27). The Kier molecular flexibility index (Phi) is 7.16. The summed E-state index contributed by atoms with van der Waals surface area (Å²) in [5.74, 6) is 5.39. The normalized spacial score (nSPS) is 11.6. The summed E-state index contributed by atoms with van der Waals surface area (Å²) in [5, 5.41) is 11.6. The van der Waals surface area contributed by atoms with Crippen LogP contribution in [0, 0.1) is 18.8 Å². The summed E-state index contributed by atoms with van der Waals surface area (Å²) in [6.07, 6.45) is 2.90. The second-order valence-corrected chi connectivity index (χ2v) is 9.08. The first-order valence-corrected chi connectivity index (χ1v) is 11.4. The number of phenolic OH excluding ortho intramolecular Hbond substituents is 1. The number of pyridine rings is 1. The lowest BCUT2D eigenvalue weighted by Gasteiger charge is -2.17. The van der Waals surface area contributed by atoms with Gasteiger partial charge in [0.15, 0.2) is 5.37 Å². The molecule has 0 aliphatic rings. The smallest absolute Gasteiger partial charge is 0.341 e. The fraction of sp³-hybridized carbons (Fsp3) is 0.120. The van der Waals surface area contributed by atoms with Crippen LogP contribution in [0.2, 0.25) is 0 Å². The molecule has 8 heteroatoms. The van der Waals surface area contributed by atoms with E-state index in [1.54, 1.807) is 30.5 Å². The van der Waals surface area contributed by atoms with E-state index in [1.165, 1.54) is 37.5 Å². The molecule has 1 aromatic heterocycles. The lowest BCUT2D eigenvalue weighted by atomic mass is 10.1. The Morgan fingerprint density at radius 1 is 1.15 bits per heavy atom. The average Bonchev–Trinajstić information content (AvgIpc) is 2.82. The molecule has 33 heavy (non-hydrogen) atoms. The van der Waals surface area contributed by atoms with Crippen LogP contribution in [0.3, 0.4) is 0 Å². The number of nitrogens with zero attached hydrogens (tertiary/aromatic N) is 1. The molecule has 0 amide bonds. The number of hydrogen-bond donors (Lipinski definition) is 2. The van der Waals surface area contributed by atoms with Crippen LogP contribution < -0.4 is 5.32 Å². The topological polar surface area (TPSA) is 106 Å². The van der Waals surface area contributed by atoms with Crippen molar-refractivity contribution in [1.29, 1.82) is 0 Å². The number of esters is 1. The summed E-state index contributed by atoms with van der Waals surface area (Å²) >= 11 is 0. The van der Waals surface area contributed by atoms with Gasteiger partial charge in [-0.3, -0.25) is 0 Å². The molecule has 1 heterocycles. The van der Waals surface area contributed by atoms with E-state index in [0.717, 1.165) is 5.56 Å². The summed E-state index contributed by atoms with van der Waals surface area (Å²) in [4.78, 5) is 16.0. The van der Waals surface area contributed by atoms with Crippen molar-refractivity contribution in [3.05, 3.63) is 95.7 Å². The zero-order valence-electron chi connectivity index (χ0n) is 18.1. The number of nitrogens with one attached hydrogen (secondary N) is 1. The second kappa shape index (κ2) is 10.0. The highest BCUT2D eigenvalue weighted by Gasteiger charge is 2.25. The summed E-state index contributed by atoms with van der Waals surface area (Å²) in [6.45, 7) is 5.48. The van der Waals surface area contributed by atoms with Gasteiger partial charge in [0.05, 0.1) is 12.0 Å². The van der Waals surface area contributed by atoms with Crippen molar-refractivity contribution >= 4 is 21.6 Å². The number of ether oxygens (including phenoxy) is 1. The first-order chi connectivity index (χ1) is 15.8. The maximum atomic E-state index is 13.1. The lowest BCUT2D eigenvalue weighted by molar-refractivity contribution is 0.0597. The molecular weight excluding hydrogens is 440 g/mol. The molecule has 1 atom stereocenters. The number of aromatic hydroxyl groups is 1. The van der Waals surface area contributed by atoms with Gasteiger partial charge in [-0.25, -0.2) is 18.2 Å². The summed E-state index contributed by atoms with van der Waals surface area (Å²) < 4.78 is 30.8. The van der Waals surface area contributed by atoms with E-state index in [4.69, 9.17) is 0 Å². The predicted molar refractivity (Wildman–Crippen MR) is 126 cm³/mol. The number of aryl methyl sites for hydroxylation is 1. The molecule has 1 unspecified atom stereocenters. The number of carbonyl (C=O) groups is 1. The van der Waals surface area contributed by atoms with Gasteiger partial charge in [0.25, 0.3) is 0 Å². The molecule has 168 valence electrons. The molecule has 0 radical (unpaired) electrons. The number of sulfone groups is 1. The molecule has 7 nitrogen and oxygen atoms in total. The molecule has 2 N–H and O–H groups in total. The van der Waals surface area contributed by atoms with E-state index in [-0.39, 0.29) is 16.2 Å². The molecule has 0 saturated heterocycles. The molecule has 0 saturated carbocycles. The molecule has 3 aromatic rings. The highest BCUT2D eigenvalue weighted by molar-refractivity contribution is 7.92. The van der Waals surface area contributed by atoms with Gasteiger partial charge in [-0.2, -0.15) is 0 Å². The summed E-state index contributed by atoms with van der Waals surface area (Å²) in [7, 11) is -2.55. The molecule has 0 bridgehead atoms. The van der Waals surface area contributed by atoms with Crippen molar-refractivity contribution in [3.8, 4) is 17.6 Å². The summed E-state index contributed by atoms with van der Waals surface area (Å²) in [6, 6.07) is 14.1. The van der Waals surface area contributed by atoms with Crippen molar-refractivity contribution in [3.63, 3.8) is 0 Å². The quantitative estimate of drug-likeness (QED) is 0.327. The van der Waals surface area contributed by atoms with Crippen LogP contribution in [0.15, 0.2) is 78.3 Å². The van der Waals surface area contributed by atoms with Gasteiger partial charge in [-0.1, -0.05) is 30.6 Å². The number of phenols is 1. The van der Waals surface area contributed by atoms with Crippen molar-refractivity contribution in [2.75, 3.05) is 12.4 Å². The van der Waals surface area contributed by atoms with Gasteiger partial charge in [-0.15, -0.1) is 0 Å². The Morgan fingerprint density at radius 2 is 1.82 bits per heavy atom. The molecule has 3 rings (SSSR count). The predicted octanol–water partition coefficient (Wildman–Crippen LogP) is 3.68. The Balaban J connectivity index is 1.82. The molecule has 2 aromatic carbocycles. The average molecular weight is 463 g/mol. The maximum absolute atomic E-state index is 13.1. The van der Waals surface area contributed by atoms with Crippen LogP contribution in [-0.2, 0) is 14.6 Å². The zero-order chi connectivity index (χ0) is 24.0. The van der Waals surface area contributed by atoms with E-state index >= 15 is 0 Å². The highest BCUT2D eigenvalue weighted by Crippen LogP contribution is 2.21. The van der Waals surface area contributed by atoms with E-state index in [0.29, 0.717) is 16.9 Å². The van der Waals surface area contributed by atoms with E-state index in [9.17, 15) is 18.3 Å². The molecular formula is C25H22N2O5S. The van der Waals surface area contributed by atoms with Crippen molar-refractivity contribution < 1.29 is 23.1 Å². The number of anilines is 1. The lowest BCUT2D eigenvalue weighted by Crippen LogP contribution is -2.28. The first kappa shape index (κ1) is 23.6. The Labute approximate surface area is 192 Å². The minimum absolute atomic E-state index is 0.0110. The third-order valence-electron chi connectivity index (χ3n) is 4.77. The molecule has 0 aliphatic heterocycles. The van der Waals surface area contributed by atoms with Crippen LogP contribution in [0.5, 0.6) is 5.75 Å². The van der Waals surface area contributed by atoms with Gasteiger partial charge in [-0.05, 0) is 61.0 Å². The second-order valence-electron chi connectivity index (χ2n) is 7.01. The molecule has 0 fully saturated rings. The van der Waals surface area contributed by atoms with E-state index in [2.05, 4.69) is 33.5 Å². The fourth-order valence-electron chi connectivity index (χ4n) is 2.94. The minimum atomic E-state index is -3.77. The van der Waals surface area contributed by atoms with E-state index in [1.807, 2.05) is 13.0 Å².